The number of hydrogen-bond acceptors (Lipinski definition) is 13. The molecule has 1 atom stereocenters. The largest absolute Gasteiger partial charge is 0.491 e. The molecule has 0 saturated heterocycles. The summed E-state index contributed by atoms with van der Waals surface area (Å²) in [6, 6.07) is 40.2. The van der Waals surface area contributed by atoms with Crippen molar-refractivity contribution in [3.05, 3.63) is 161 Å². The predicted molar refractivity (Wildman–Crippen MR) is 241 cm³/mol. The van der Waals surface area contributed by atoms with E-state index in [0.29, 0.717) is 80.6 Å². The summed E-state index contributed by atoms with van der Waals surface area (Å²) in [5.41, 5.74) is 1.76. The van der Waals surface area contributed by atoms with E-state index in [2.05, 4.69) is 18.2 Å². The van der Waals surface area contributed by atoms with Crippen LogP contribution < -0.4 is 30.6 Å². The van der Waals surface area contributed by atoms with Gasteiger partial charge in [0.15, 0.2) is 0 Å². The summed E-state index contributed by atoms with van der Waals surface area (Å²) in [5.74, 6) is 2.46. The minimum Gasteiger partial charge on any atom is -0.465 e. The van der Waals surface area contributed by atoms with Crippen molar-refractivity contribution in [2.75, 3.05) is 0 Å². The first-order chi connectivity index (χ1) is 31.0. The molecule has 1 unspecified atom stereocenters. The highest BCUT2D eigenvalue weighted by molar-refractivity contribution is 6.80. The van der Waals surface area contributed by atoms with E-state index in [0.717, 1.165) is 0 Å². The van der Waals surface area contributed by atoms with Crippen LogP contribution in [0.25, 0.3) is 0 Å². The van der Waals surface area contributed by atoms with Gasteiger partial charge in [-0.3, -0.25) is 0 Å². The molecule has 13 nitrogen and oxygen atoms in total. The summed E-state index contributed by atoms with van der Waals surface area (Å²) >= 11 is 0. The van der Waals surface area contributed by atoms with Crippen LogP contribution in [0.2, 0.25) is 0 Å². The standard InChI is InChI=1S/C48H44B3N3O10/c1-3-4-23-48(2,63-50(58)46-21-18-43(25-37(46)31-56)61-40-13-7-34(28-53)8-14-40)49(45-20-17-42(24-36(45)30-55)60-39-11-5-33(27-52)6-12-39)64-51(59)47-22-19-44(26-38(47)32-57)62-41-15-9-35(29-54)10-16-41/h5-22,24-26,55-59H,3-4,23,30-32H2,1-2H3. The molecule has 6 rings (SSSR count). The van der Waals surface area contributed by atoms with Crippen molar-refractivity contribution in [3.8, 4) is 52.7 Å². The Hall–Kier alpha value is -6.90. The van der Waals surface area contributed by atoms with Crippen LogP contribution in [0, 0.1) is 34.0 Å². The summed E-state index contributed by atoms with van der Waals surface area (Å²) < 4.78 is 31.2. The number of aliphatic hydroxyl groups excluding tert-OH is 3. The Morgan fingerprint density at radius 3 is 1.20 bits per heavy atom. The second-order valence-corrected chi connectivity index (χ2v) is 15.0. The first kappa shape index (κ1) is 46.6. The number of ether oxygens (including phenoxy) is 3. The van der Waals surface area contributed by atoms with Gasteiger partial charge in [-0.2, -0.15) is 15.8 Å². The van der Waals surface area contributed by atoms with Crippen LogP contribution in [0.4, 0.5) is 0 Å². The normalized spacial score (nSPS) is 11.6. The fourth-order valence-electron chi connectivity index (χ4n) is 7.13. The van der Waals surface area contributed by atoms with Gasteiger partial charge >= 0.3 is 21.2 Å². The van der Waals surface area contributed by atoms with Gasteiger partial charge in [0.2, 0.25) is 0 Å². The fraction of sp³-hybridized carbons (Fsp3) is 0.188. The van der Waals surface area contributed by atoms with Crippen molar-refractivity contribution in [3.63, 3.8) is 0 Å². The van der Waals surface area contributed by atoms with Gasteiger partial charge in [0, 0.05) is 0 Å². The van der Waals surface area contributed by atoms with Crippen LogP contribution in [0.3, 0.4) is 0 Å². The zero-order valence-corrected chi connectivity index (χ0v) is 35.2. The minimum absolute atomic E-state index is 0.213. The van der Waals surface area contributed by atoms with Gasteiger partial charge in [-0.05, 0) is 156 Å². The molecule has 0 amide bonds. The second-order valence-electron chi connectivity index (χ2n) is 15.0. The summed E-state index contributed by atoms with van der Waals surface area (Å²) in [6.45, 7) is 1.06. The SMILES string of the molecule is CCCCC(C)(OB(O)c1ccc(Oc2ccc(C#N)cc2)cc1CO)B(OB(O)c1ccc(Oc2ccc(C#N)cc2)cc1CO)c1ccc(Oc2ccc(C#N)cc2)cc1CO. The van der Waals surface area contributed by atoms with Crippen molar-refractivity contribution in [1.29, 1.82) is 15.8 Å². The highest BCUT2D eigenvalue weighted by Crippen LogP contribution is 2.30. The Balaban J connectivity index is 1.36. The number of unbranched alkanes of at least 4 members (excludes halogenated alkanes) is 1. The zero-order chi connectivity index (χ0) is 45.6. The first-order valence-corrected chi connectivity index (χ1v) is 20.5. The lowest BCUT2D eigenvalue weighted by molar-refractivity contribution is 0.118. The van der Waals surface area contributed by atoms with E-state index in [9.17, 15) is 30.6 Å². The van der Waals surface area contributed by atoms with E-state index in [-0.39, 0.29) is 22.9 Å². The van der Waals surface area contributed by atoms with Gasteiger partial charge in [0.25, 0.3) is 0 Å². The molecule has 320 valence electrons. The maximum atomic E-state index is 12.0. The van der Waals surface area contributed by atoms with Gasteiger partial charge in [-0.15, -0.1) is 0 Å². The van der Waals surface area contributed by atoms with E-state index < -0.39 is 46.5 Å². The number of nitriles is 3. The number of benzene rings is 6. The monoisotopic (exact) mass is 855 g/mol. The predicted octanol–water partition coefficient (Wildman–Crippen LogP) is 5.65. The zero-order valence-electron chi connectivity index (χ0n) is 35.2. The van der Waals surface area contributed by atoms with E-state index >= 15 is 0 Å². The van der Waals surface area contributed by atoms with Crippen LogP contribution >= 0.6 is 0 Å². The lowest BCUT2D eigenvalue weighted by Crippen LogP contribution is -2.62. The molecule has 0 aromatic heterocycles. The molecule has 64 heavy (non-hydrogen) atoms. The summed E-state index contributed by atoms with van der Waals surface area (Å²) in [7, 11) is -3.33. The molecule has 0 aliphatic heterocycles. The molecule has 16 heteroatoms. The van der Waals surface area contributed by atoms with Gasteiger partial charge in [-0.1, -0.05) is 38.0 Å². The number of hydrogen-bond donors (Lipinski definition) is 5. The molecule has 0 aliphatic rings. The van der Waals surface area contributed by atoms with Gasteiger partial charge in [0.1, 0.15) is 34.5 Å². The maximum absolute atomic E-state index is 12.0. The highest BCUT2D eigenvalue weighted by Gasteiger charge is 2.47. The fourth-order valence-corrected chi connectivity index (χ4v) is 7.13. The molecule has 6 aromatic rings. The van der Waals surface area contributed by atoms with Gasteiger partial charge in [-0.25, -0.2) is 0 Å². The van der Waals surface area contributed by atoms with E-state index in [1.165, 1.54) is 0 Å². The molecule has 0 fully saturated rings. The Morgan fingerprint density at radius 1 is 0.500 bits per heavy atom. The highest BCUT2D eigenvalue weighted by atomic mass is 16.6. The van der Waals surface area contributed by atoms with Gasteiger partial charge in [0.05, 0.1) is 60.2 Å². The molecular formula is C48H44B3N3O10. The lowest BCUT2D eigenvalue weighted by atomic mass is 9.44. The van der Waals surface area contributed by atoms with Crippen LogP contribution in [0.1, 0.15) is 66.5 Å². The number of rotatable bonds is 20. The second kappa shape index (κ2) is 21.9. The van der Waals surface area contributed by atoms with Crippen LogP contribution in [0.15, 0.2) is 127 Å². The molecule has 0 radical (unpaired) electrons. The van der Waals surface area contributed by atoms with Crippen LogP contribution in [-0.2, 0) is 29.0 Å². The molecule has 0 bridgehead atoms. The van der Waals surface area contributed by atoms with Crippen molar-refractivity contribution < 1.29 is 48.8 Å². The molecule has 0 heterocycles. The average molecular weight is 855 g/mol. The smallest absolute Gasteiger partial charge is 0.465 e. The average Bonchev–Trinajstić information content (AvgIpc) is 3.33. The summed E-state index contributed by atoms with van der Waals surface area (Å²) in [6.07, 6.45) is 1.58. The topological polar surface area (TPSA) is 219 Å². The Kier molecular flexibility index (Phi) is 16.0. The molecule has 6 aromatic carbocycles. The molecule has 0 aliphatic carbocycles. The summed E-state index contributed by atoms with van der Waals surface area (Å²) in [5, 5.41) is 83.3. The van der Waals surface area contributed by atoms with E-state index in [1.54, 1.807) is 134 Å². The molecular weight excluding hydrogens is 811 g/mol. The van der Waals surface area contributed by atoms with Gasteiger partial charge < -0.3 is 48.8 Å². The van der Waals surface area contributed by atoms with Crippen LogP contribution in [-0.4, -0.2) is 52.0 Å². The molecule has 0 spiro atoms. The van der Waals surface area contributed by atoms with Crippen molar-refractivity contribution in [2.24, 2.45) is 0 Å². The number of aliphatic hydroxyl groups is 3. The van der Waals surface area contributed by atoms with Crippen LogP contribution in [0.5, 0.6) is 34.5 Å². The van der Waals surface area contributed by atoms with Crippen molar-refractivity contribution in [2.45, 2.75) is 58.4 Å². The first-order valence-electron chi connectivity index (χ1n) is 20.5. The van der Waals surface area contributed by atoms with E-state index in [4.69, 9.17) is 34.0 Å². The molecule has 0 saturated carbocycles. The Labute approximate surface area is 372 Å². The van der Waals surface area contributed by atoms with Crippen molar-refractivity contribution in [1.82, 2.24) is 0 Å². The lowest BCUT2D eigenvalue weighted by Gasteiger charge is -2.38. The third-order valence-electron chi connectivity index (χ3n) is 10.6. The third-order valence-corrected chi connectivity index (χ3v) is 10.6. The van der Waals surface area contributed by atoms with E-state index in [1.807, 2.05) is 6.92 Å². The number of nitrogens with zero attached hydrogens (tertiary/aromatic N) is 3. The molecule has 5 N–H and O–H groups in total. The minimum atomic E-state index is -1.69. The Morgan fingerprint density at radius 2 is 0.844 bits per heavy atom. The Bertz CT molecular complexity index is 2650. The third kappa shape index (κ3) is 11.6. The quantitative estimate of drug-likeness (QED) is 0.0588. The maximum Gasteiger partial charge on any atom is 0.491 e. The summed E-state index contributed by atoms with van der Waals surface area (Å²) in [4.78, 5) is 0. The van der Waals surface area contributed by atoms with Crippen molar-refractivity contribution >= 4 is 37.5 Å².